The van der Waals surface area contributed by atoms with Gasteiger partial charge in [-0.2, -0.15) is 0 Å². The molecule has 0 amide bonds. The highest BCUT2D eigenvalue weighted by Gasteiger charge is 2.37. The number of nitrogens with one attached hydrogen (secondary N) is 1. The molecule has 0 spiro atoms. The minimum atomic E-state index is 0.0420. The third-order valence-electron chi connectivity index (χ3n) is 5.55. The van der Waals surface area contributed by atoms with Gasteiger partial charge in [0.1, 0.15) is 0 Å². The second-order valence-electron chi connectivity index (χ2n) is 6.90. The van der Waals surface area contributed by atoms with Crippen molar-refractivity contribution in [2.75, 3.05) is 6.61 Å². The van der Waals surface area contributed by atoms with Gasteiger partial charge in [-0.3, -0.25) is 0 Å². The van der Waals surface area contributed by atoms with Crippen molar-refractivity contribution in [2.24, 2.45) is 5.92 Å². The monoisotopic (exact) mass is 341 g/mol. The summed E-state index contributed by atoms with van der Waals surface area (Å²) in [6.07, 6.45) is 10.2. The lowest BCUT2D eigenvalue weighted by molar-refractivity contribution is -0.0885. The molecular weight excluding hydrogens is 306 g/mol. The fourth-order valence-corrected chi connectivity index (χ4v) is 3.83. The molecule has 2 heteroatoms. The third kappa shape index (κ3) is 4.17. The molecule has 1 aromatic heterocycles. The molecule has 1 aromatic carbocycles. The Morgan fingerprint density at radius 1 is 1.20 bits per heavy atom. The van der Waals surface area contributed by atoms with E-state index in [1.807, 2.05) is 13.8 Å². The van der Waals surface area contributed by atoms with Crippen LogP contribution in [-0.4, -0.2) is 17.2 Å². The van der Waals surface area contributed by atoms with Crippen LogP contribution in [-0.2, 0) is 4.74 Å². The van der Waals surface area contributed by atoms with Crippen molar-refractivity contribution in [3.05, 3.63) is 42.1 Å². The number of benzene rings is 1. The molecule has 2 atom stereocenters. The number of hydrogen-bond acceptors (Lipinski definition) is 1. The molecule has 2 nitrogen and oxygen atoms in total. The van der Waals surface area contributed by atoms with Crippen LogP contribution in [0.3, 0.4) is 0 Å². The summed E-state index contributed by atoms with van der Waals surface area (Å²) in [6, 6.07) is 8.57. The number of aromatic nitrogens is 1. The summed E-state index contributed by atoms with van der Waals surface area (Å²) in [6.45, 7) is 11.7. The van der Waals surface area contributed by atoms with Crippen molar-refractivity contribution >= 4 is 16.5 Å². The first-order valence-electron chi connectivity index (χ1n) is 10.1. The van der Waals surface area contributed by atoms with E-state index < -0.39 is 0 Å². The standard InChI is InChI=1S/C21H29NO.C2H6/c1-4-14-23-21(16(3)5-2)12-10-17(11-13-21)19-15-22-20-9-7-6-8-18(19)20;1-2/h6-10,15-16,22H,4-5,11-14H2,1-3H3;1-2H3. The minimum absolute atomic E-state index is 0.0420. The molecule has 1 N–H and O–H groups in total. The van der Waals surface area contributed by atoms with Crippen LogP contribution in [0.5, 0.6) is 0 Å². The van der Waals surface area contributed by atoms with Crippen molar-refractivity contribution in [3.63, 3.8) is 0 Å². The van der Waals surface area contributed by atoms with Gasteiger partial charge in [0.05, 0.1) is 5.60 Å². The van der Waals surface area contributed by atoms with Crippen molar-refractivity contribution < 1.29 is 4.74 Å². The van der Waals surface area contributed by atoms with Crippen LogP contribution in [0.25, 0.3) is 16.5 Å². The molecule has 138 valence electrons. The largest absolute Gasteiger partial charge is 0.374 e. The first kappa shape index (κ1) is 19.8. The van der Waals surface area contributed by atoms with Gasteiger partial charge in [0, 0.05) is 29.3 Å². The SMILES string of the molecule is CC.CCCOC1(C(C)CC)CC=C(c2c[nH]c3ccccc23)CC1. The summed E-state index contributed by atoms with van der Waals surface area (Å²) in [5.74, 6) is 0.606. The van der Waals surface area contributed by atoms with Crippen LogP contribution < -0.4 is 0 Å². The molecule has 25 heavy (non-hydrogen) atoms. The van der Waals surface area contributed by atoms with E-state index in [1.165, 1.54) is 28.5 Å². The second-order valence-corrected chi connectivity index (χ2v) is 6.90. The first-order valence-corrected chi connectivity index (χ1v) is 10.1. The third-order valence-corrected chi connectivity index (χ3v) is 5.55. The van der Waals surface area contributed by atoms with Gasteiger partial charge < -0.3 is 9.72 Å². The molecule has 0 radical (unpaired) electrons. The number of aromatic amines is 1. The Bertz CT molecular complexity index is 684. The summed E-state index contributed by atoms with van der Waals surface area (Å²) in [5, 5.41) is 1.34. The molecule has 3 rings (SSSR count). The molecular formula is C23H35NO. The highest BCUT2D eigenvalue weighted by molar-refractivity contribution is 5.92. The van der Waals surface area contributed by atoms with Crippen LogP contribution in [0.4, 0.5) is 0 Å². The fraction of sp³-hybridized carbons (Fsp3) is 0.565. The smallest absolute Gasteiger partial charge is 0.0745 e. The quantitative estimate of drug-likeness (QED) is 0.602. The lowest BCUT2D eigenvalue weighted by Gasteiger charge is -2.41. The molecule has 0 fully saturated rings. The van der Waals surface area contributed by atoms with E-state index in [0.29, 0.717) is 5.92 Å². The molecule has 1 aliphatic carbocycles. The van der Waals surface area contributed by atoms with Gasteiger partial charge >= 0.3 is 0 Å². The molecule has 2 unspecified atom stereocenters. The zero-order valence-electron chi connectivity index (χ0n) is 16.7. The van der Waals surface area contributed by atoms with Crippen molar-refractivity contribution in [3.8, 4) is 0 Å². The number of H-pyrrole nitrogens is 1. The van der Waals surface area contributed by atoms with E-state index in [9.17, 15) is 0 Å². The van der Waals surface area contributed by atoms with E-state index in [-0.39, 0.29) is 5.60 Å². The zero-order chi connectivity index (χ0) is 18.3. The van der Waals surface area contributed by atoms with Crippen molar-refractivity contribution in [1.29, 1.82) is 0 Å². The highest BCUT2D eigenvalue weighted by Crippen LogP contribution is 2.42. The van der Waals surface area contributed by atoms with E-state index >= 15 is 0 Å². The Kier molecular flexibility index (Phi) is 7.31. The number of hydrogen-bond donors (Lipinski definition) is 1. The van der Waals surface area contributed by atoms with Gasteiger partial charge in [0.25, 0.3) is 0 Å². The van der Waals surface area contributed by atoms with Gasteiger partial charge in [-0.25, -0.2) is 0 Å². The molecule has 0 saturated heterocycles. The lowest BCUT2D eigenvalue weighted by atomic mass is 9.75. The van der Waals surface area contributed by atoms with Gasteiger partial charge in [0.2, 0.25) is 0 Å². The molecule has 0 saturated carbocycles. The normalized spacial score (nSPS) is 21.4. The molecule has 0 bridgehead atoms. The Balaban J connectivity index is 0.00000109. The fourth-order valence-electron chi connectivity index (χ4n) is 3.83. The van der Waals surface area contributed by atoms with Gasteiger partial charge in [-0.15, -0.1) is 0 Å². The molecule has 1 aliphatic rings. The number of allylic oxidation sites excluding steroid dienone is 1. The summed E-state index contributed by atoms with van der Waals surface area (Å²) in [7, 11) is 0. The number of rotatable bonds is 6. The summed E-state index contributed by atoms with van der Waals surface area (Å²) in [4.78, 5) is 3.40. The minimum Gasteiger partial charge on any atom is -0.374 e. The average Bonchev–Trinajstić information content (AvgIpc) is 3.12. The van der Waals surface area contributed by atoms with E-state index in [4.69, 9.17) is 4.74 Å². The topological polar surface area (TPSA) is 25.0 Å². The predicted molar refractivity (Wildman–Crippen MR) is 110 cm³/mol. The molecule has 2 aromatic rings. The summed E-state index contributed by atoms with van der Waals surface area (Å²) < 4.78 is 6.37. The lowest BCUT2D eigenvalue weighted by Crippen LogP contribution is -2.41. The zero-order valence-corrected chi connectivity index (χ0v) is 16.7. The second kappa shape index (κ2) is 9.24. The number of fused-ring (bicyclic) bond motifs is 1. The van der Waals surface area contributed by atoms with Crippen LogP contribution in [0, 0.1) is 5.92 Å². The van der Waals surface area contributed by atoms with E-state index in [2.05, 4.69) is 62.3 Å². The van der Waals surface area contributed by atoms with E-state index in [0.717, 1.165) is 32.3 Å². The summed E-state index contributed by atoms with van der Waals surface area (Å²) >= 11 is 0. The van der Waals surface area contributed by atoms with Crippen molar-refractivity contribution in [2.45, 2.75) is 72.3 Å². The molecule has 0 aliphatic heterocycles. The molecule has 1 heterocycles. The van der Waals surface area contributed by atoms with Gasteiger partial charge in [-0.05, 0) is 43.2 Å². The average molecular weight is 342 g/mol. The predicted octanol–water partition coefficient (Wildman–Crippen LogP) is 6.97. The Hall–Kier alpha value is -1.54. The maximum absolute atomic E-state index is 6.37. The Morgan fingerprint density at radius 2 is 1.96 bits per heavy atom. The van der Waals surface area contributed by atoms with Gasteiger partial charge in [0.15, 0.2) is 0 Å². The van der Waals surface area contributed by atoms with E-state index in [1.54, 1.807) is 0 Å². The van der Waals surface area contributed by atoms with Crippen molar-refractivity contribution in [1.82, 2.24) is 4.98 Å². The number of ether oxygens (including phenoxy) is 1. The number of para-hydroxylation sites is 1. The Labute approximate surface area is 153 Å². The first-order chi connectivity index (χ1) is 12.2. The van der Waals surface area contributed by atoms with Crippen LogP contribution in [0.1, 0.15) is 72.3 Å². The highest BCUT2D eigenvalue weighted by atomic mass is 16.5. The maximum Gasteiger partial charge on any atom is 0.0745 e. The van der Waals surface area contributed by atoms with Gasteiger partial charge in [-0.1, -0.05) is 65.3 Å². The van der Waals surface area contributed by atoms with Crippen LogP contribution in [0.15, 0.2) is 36.5 Å². The van der Waals surface area contributed by atoms with Crippen LogP contribution >= 0.6 is 0 Å². The maximum atomic E-state index is 6.37. The van der Waals surface area contributed by atoms with Crippen LogP contribution in [0.2, 0.25) is 0 Å². The summed E-state index contributed by atoms with van der Waals surface area (Å²) in [5.41, 5.74) is 4.11. The Morgan fingerprint density at radius 3 is 2.60 bits per heavy atom.